The van der Waals surface area contributed by atoms with Crippen LogP contribution in [0.4, 0.5) is 22.4 Å². The van der Waals surface area contributed by atoms with E-state index < -0.39 is 41.3 Å². The van der Waals surface area contributed by atoms with Crippen LogP contribution < -0.4 is 10.1 Å². The first-order chi connectivity index (χ1) is 13.2. The van der Waals surface area contributed by atoms with Crippen molar-refractivity contribution in [3.8, 4) is 5.75 Å². The summed E-state index contributed by atoms with van der Waals surface area (Å²) in [6.07, 6.45) is 0.730. The van der Waals surface area contributed by atoms with Crippen molar-refractivity contribution in [2.24, 2.45) is 5.10 Å². The molecule has 2 aromatic carbocycles. The van der Waals surface area contributed by atoms with Crippen LogP contribution >= 0.6 is 0 Å². The Bertz CT molecular complexity index is 929. The average molecular weight is 395 g/mol. The van der Waals surface area contributed by atoms with Gasteiger partial charge in [-0.15, -0.1) is 5.01 Å². The van der Waals surface area contributed by atoms with Crippen molar-refractivity contribution in [2.45, 2.75) is 19.1 Å². The van der Waals surface area contributed by atoms with Crippen molar-refractivity contribution in [1.29, 1.82) is 0 Å². The summed E-state index contributed by atoms with van der Waals surface area (Å²) in [5.74, 6) is -2.75. The van der Waals surface area contributed by atoms with E-state index in [-0.39, 0.29) is 11.3 Å². The van der Waals surface area contributed by atoms with Gasteiger partial charge in [-0.05, 0) is 36.8 Å². The topological polar surface area (TPSA) is 71.0 Å². The molecule has 2 aromatic rings. The van der Waals surface area contributed by atoms with E-state index in [1.807, 2.05) is 0 Å². The molecule has 3 rings (SSSR count). The Balaban J connectivity index is 1.85. The Morgan fingerprint density at radius 1 is 1.11 bits per heavy atom. The smallest absolute Gasteiger partial charge is 0.387 e. The maximum atomic E-state index is 13.7. The lowest BCUT2D eigenvalue weighted by Gasteiger charge is -2.21. The molecule has 1 heterocycles. The van der Waals surface area contributed by atoms with Gasteiger partial charge in [0, 0.05) is 0 Å². The van der Waals surface area contributed by atoms with E-state index in [2.05, 4.69) is 15.2 Å². The standard InChI is InChI=1S/C18H13F4N3O3/c1-18(10-5-7-11(8-6-10)28-16(21)22)15(26)25(17(27)24-18)23-9-12-13(19)3-2-4-14(12)20/h2-9,16H,1H3,(H,24,27)/b23-9-/t18-/m1/s1. The van der Waals surface area contributed by atoms with Gasteiger partial charge in [0.15, 0.2) is 0 Å². The lowest BCUT2D eigenvalue weighted by atomic mass is 9.92. The molecule has 1 aliphatic rings. The molecule has 0 radical (unpaired) electrons. The fourth-order valence-corrected chi connectivity index (χ4v) is 2.64. The third-order valence-corrected chi connectivity index (χ3v) is 4.13. The van der Waals surface area contributed by atoms with Crippen LogP contribution in [0.1, 0.15) is 18.1 Å². The molecule has 6 nitrogen and oxygen atoms in total. The first kappa shape index (κ1) is 19.3. The van der Waals surface area contributed by atoms with Crippen molar-refractivity contribution in [2.75, 3.05) is 0 Å². The number of hydrogen-bond donors (Lipinski definition) is 1. The first-order valence-corrected chi connectivity index (χ1v) is 7.92. The highest BCUT2D eigenvalue weighted by atomic mass is 19.3. The first-order valence-electron chi connectivity index (χ1n) is 7.92. The van der Waals surface area contributed by atoms with E-state index in [9.17, 15) is 27.2 Å². The van der Waals surface area contributed by atoms with Crippen molar-refractivity contribution in [3.63, 3.8) is 0 Å². The van der Waals surface area contributed by atoms with Gasteiger partial charge in [-0.3, -0.25) is 4.79 Å². The number of nitrogens with one attached hydrogen (secondary N) is 1. The number of imide groups is 1. The number of nitrogens with zero attached hydrogens (tertiary/aromatic N) is 2. The number of amides is 3. The third-order valence-electron chi connectivity index (χ3n) is 4.13. The molecular weight excluding hydrogens is 382 g/mol. The van der Waals surface area contributed by atoms with Crippen molar-refractivity contribution in [3.05, 3.63) is 65.2 Å². The Kier molecular flexibility index (Phi) is 5.04. The maximum absolute atomic E-state index is 13.7. The molecular formula is C18H13F4N3O3. The van der Waals surface area contributed by atoms with E-state index in [4.69, 9.17) is 0 Å². The highest BCUT2D eigenvalue weighted by molar-refractivity contribution is 6.07. The average Bonchev–Trinajstić information content (AvgIpc) is 2.85. The fourth-order valence-electron chi connectivity index (χ4n) is 2.64. The highest BCUT2D eigenvalue weighted by Gasteiger charge is 2.49. The second-order valence-electron chi connectivity index (χ2n) is 5.95. The lowest BCUT2D eigenvalue weighted by molar-refractivity contribution is -0.131. The summed E-state index contributed by atoms with van der Waals surface area (Å²) < 4.78 is 56.0. The molecule has 0 unspecified atom stereocenters. The van der Waals surface area contributed by atoms with Crippen LogP contribution in [-0.4, -0.2) is 29.8 Å². The molecule has 0 bridgehead atoms. The second-order valence-corrected chi connectivity index (χ2v) is 5.95. The third kappa shape index (κ3) is 3.53. The summed E-state index contributed by atoms with van der Waals surface area (Å²) in [4.78, 5) is 24.8. The molecule has 0 spiro atoms. The number of halogens is 4. The number of benzene rings is 2. The second kappa shape index (κ2) is 7.29. The van der Waals surface area contributed by atoms with E-state index in [1.165, 1.54) is 31.2 Å². The van der Waals surface area contributed by atoms with Gasteiger partial charge >= 0.3 is 12.6 Å². The monoisotopic (exact) mass is 395 g/mol. The van der Waals surface area contributed by atoms with Crippen LogP contribution in [0.25, 0.3) is 0 Å². The van der Waals surface area contributed by atoms with Crippen LogP contribution in [0.3, 0.4) is 0 Å². The molecule has 1 aliphatic heterocycles. The van der Waals surface area contributed by atoms with Gasteiger partial charge in [-0.2, -0.15) is 13.9 Å². The van der Waals surface area contributed by atoms with E-state index in [1.54, 1.807) is 0 Å². The SMILES string of the molecule is C[C@]1(c2ccc(OC(F)F)cc2)NC(=O)N(/N=C\c2c(F)cccc2F)C1=O. The van der Waals surface area contributed by atoms with Crippen molar-refractivity contribution >= 4 is 18.2 Å². The zero-order valence-corrected chi connectivity index (χ0v) is 14.3. The van der Waals surface area contributed by atoms with Gasteiger partial charge < -0.3 is 10.1 Å². The van der Waals surface area contributed by atoms with Crippen LogP contribution in [0.5, 0.6) is 5.75 Å². The number of urea groups is 1. The molecule has 0 saturated carbocycles. The molecule has 3 amide bonds. The number of ether oxygens (including phenoxy) is 1. The summed E-state index contributed by atoms with van der Waals surface area (Å²) in [6.45, 7) is -1.62. The van der Waals surface area contributed by atoms with Gasteiger partial charge in [0.25, 0.3) is 5.91 Å². The summed E-state index contributed by atoms with van der Waals surface area (Å²) in [6, 6.07) is 7.36. The number of carbonyl (C=O) groups is 2. The number of alkyl halides is 2. The Morgan fingerprint density at radius 3 is 2.29 bits per heavy atom. The summed E-state index contributed by atoms with van der Waals surface area (Å²) >= 11 is 0. The molecule has 28 heavy (non-hydrogen) atoms. The molecule has 1 fully saturated rings. The molecule has 0 aliphatic carbocycles. The van der Waals surface area contributed by atoms with Crippen LogP contribution in [-0.2, 0) is 10.3 Å². The van der Waals surface area contributed by atoms with Crippen molar-refractivity contribution < 1.29 is 31.9 Å². The Hall–Kier alpha value is -3.43. The van der Waals surface area contributed by atoms with E-state index in [0.29, 0.717) is 5.01 Å². The van der Waals surface area contributed by atoms with Crippen LogP contribution in [0, 0.1) is 11.6 Å². The summed E-state index contributed by atoms with van der Waals surface area (Å²) in [7, 11) is 0. The minimum Gasteiger partial charge on any atom is -0.435 e. The quantitative estimate of drug-likeness (QED) is 0.480. The predicted molar refractivity (Wildman–Crippen MR) is 89.8 cm³/mol. The van der Waals surface area contributed by atoms with E-state index >= 15 is 0 Å². The zero-order valence-electron chi connectivity index (χ0n) is 14.3. The van der Waals surface area contributed by atoms with Gasteiger partial charge in [-0.25, -0.2) is 13.6 Å². The van der Waals surface area contributed by atoms with Gasteiger partial charge in [0.2, 0.25) is 0 Å². The molecule has 146 valence electrons. The molecule has 1 atom stereocenters. The van der Waals surface area contributed by atoms with Gasteiger partial charge in [-0.1, -0.05) is 18.2 Å². The molecule has 0 aromatic heterocycles. The van der Waals surface area contributed by atoms with Crippen LogP contribution in [0.2, 0.25) is 0 Å². The fraction of sp³-hybridized carbons (Fsp3) is 0.167. The molecule has 1 N–H and O–H groups in total. The van der Waals surface area contributed by atoms with Gasteiger partial charge in [0.1, 0.15) is 22.9 Å². The van der Waals surface area contributed by atoms with Crippen molar-refractivity contribution in [1.82, 2.24) is 10.3 Å². The minimum atomic E-state index is -3.00. The molecule has 10 heteroatoms. The minimum absolute atomic E-state index is 0.121. The Labute approximate surface area is 156 Å². The van der Waals surface area contributed by atoms with E-state index in [0.717, 1.165) is 24.4 Å². The number of rotatable bonds is 5. The highest BCUT2D eigenvalue weighted by Crippen LogP contribution is 2.30. The maximum Gasteiger partial charge on any atom is 0.387 e. The largest absolute Gasteiger partial charge is 0.435 e. The number of hydrazone groups is 1. The van der Waals surface area contributed by atoms with Crippen LogP contribution in [0.15, 0.2) is 47.6 Å². The normalized spacial score (nSPS) is 19.6. The number of carbonyl (C=O) groups excluding carboxylic acids is 2. The Morgan fingerprint density at radius 2 is 1.71 bits per heavy atom. The lowest BCUT2D eigenvalue weighted by Crippen LogP contribution is -2.40. The predicted octanol–water partition coefficient (Wildman–Crippen LogP) is 3.37. The zero-order chi connectivity index (χ0) is 20.5. The van der Waals surface area contributed by atoms with Gasteiger partial charge in [0.05, 0.1) is 11.8 Å². The molecule has 1 saturated heterocycles. The summed E-state index contributed by atoms with van der Waals surface area (Å²) in [5.41, 5.74) is -1.78. The summed E-state index contributed by atoms with van der Waals surface area (Å²) in [5, 5.41) is 6.46. The number of hydrogen-bond acceptors (Lipinski definition) is 4.